The average molecular weight is 254 g/mol. The smallest absolute Gasteiger partial charge is 0.303 e. The SMILES string of the molecule is O=C(O)CCC1CCCN(C(=O)[C@H]2CCCN2)C1. The topological polar surface area (TPSA) is 69.6 Å². The zero-order valence-corrected chi connectivity index (χ0v) is 10.7. The van der Waals surface area contributed by atoms with E-state index in [1.165, 1.54) is 0 Å². The molecule has 1 amide bonds. The molecule has 102 valence electrons. The summed E-state index contributed by atoms with van der Waals surface area (Å²) < 4.78 is 0. The number of piperidine rings is 1. The summed E-state index contributed by atoms with van der Waals surface area (Å²) in [6.07, 6.45) is 4.98. The molecule has 2 saturated heterocycles. The number of nitrogens with one attached hydrogen (secondary N) is 1. The number of likely N-dealkylation sites (tertiary alicyclic amines) is 1. The van der Waals surface area contributed by atoms with Gasteiger partial charge in [0.1, 0.15) is 0 Å². The summed E-state index contributed by atoms with van der Waals surface area (Å²) >= 11 is 0. The van der Waals surface area contributed by atoms with Crippen LogP contribution in [0, 0.1) is 5.92 Å². The third-order valence-electron chi connectivity index (χ3n) is 3.96. The Morgan fingerprint density at radius 1 is 1.28 bits per heavy atom. The zero-order chi connectivity index (χ0) is 13.0. The highest BCUT2D eigenvalue weighted by atomic mass is 16.4. The maximum absolute atomic E-state index is 12.2. The van der Waals surface area contributed by atoms with E-state index in [0.29, 0.717) is 12.3 Å². The van der Waals surface area contributed by atoms with E-state index < -0.39 is 5.97 Å². The first-order valence-electron chi connectivity index (χ1n) is 6.91. The lowest BCUT2D eigenvalue weighted by Gasteiger charge is -2.34. The van der Waals surface area contributed by atoms with Crippen LogP contribution in [0.3, 0.4) is 0 Å². The molecule has 2 atom stereocenters. The highest BCUT2D eigenvalue weighted by Gasteiger charge is 2.30. The summed E-state index contributed by atoms with van der Waals surface area (Å²) in [7, 11) is 0. The molecule has 2 aliphatic heterocycles. The minimum Gasteiger partial charge on any atom is -0.481 e. The fraction of sp³-hybridized carbons (Fsp3) is 0.846. The van der Waals surface area contributed by atoms with Crippen LogP contribution in [0.15, 0.2) is 0 Å². The Kier molecular flexibility index (Phi) is 4.58. The van der Waals surface area contributed by atoms with Crippen LogP contribution in [0.25, 0.3) is 0 Å². The molecule has 18 heavy (non-hydrogen) atoms. The van der Waals surface area contributed by atoms with Gasteiger partial charge in [-0.1, -0.05) is 0 Å². The second-order valence-electron chi connectivity index (χ2n) is 5.37. The largest absolute Gasteiger partial charge is 0.481 e. The lowest BCUT2D eigenvalue weighted by Crippen LogP contribution is -2.47. The van der Waals surface area contributed by atoms with Gasteiger partial charge in [0.15, 0.2) is 0 Å². The normalized spacial score (nSPS) is 28.3. The number of carboxylic acids is 1. The Balaban J connectivity index is 1.81. The summed E-state index contributed by atoms with van der Waals surface area (Å²) in [5.74, 6) is -0.163. The third kappa shape index (κ3) is 3.45. The molecular formula is C13H22N2O3. The van der Waals surface area contributed by atoms with Crippen LogP contribution in [0.2, 0.25) is 0 Å². The van der Waals surface area contributed by atoms with Crippen LogP contribution in [0.4, 0.5) is 0 Å². The fourth-order valence-electron chi connectivity index (χ4n) is 2.94. The molecule has 0 saturated carbocycles. The number of amides is 1. The van der Waals surface area contributed by atoms with E-state index >= 15 is 0 Å². The van der Waals surface area contributed by atoms with Gasteiger partial charge >= 0.3 is 5.97 Å². The van der Waals surface area contributed by atoms with Gasteiger partial charge in [0.2, 0.25) is 5.91 Å². The van der Waals surface area contributed by atoms with Crippen LogP contribution in [0.5, 0.6) is 0 Å². The highest BCUT2D eigenvalue weighted by Crippen LogP contribution is 2.22. The Hall–Kier alpha value is -1.10. The van der Waals surface area contributed by atoms with E-state index in [4.69, 9.17) is 5.11 Å². The van der Waals surface area contributed by atoms with Crippen LogP contribution in [0.1, 0.15) is 38.5 Å². The molecule has 0 aromatic rings. The zero-order valence-electron chi connectivity index (χ0n) is 10.7. The first kappa shape index (κ1) is 13.3. The molecule has 0 aromatic heterocycles. The minimum atomic E-state index is -0.740. The van der Waals surface area contributed by atoms with Crippen LogP contribution < -0.4 is 5.32 Å². The molecule has 0 spiro atoms. The van der Waals surface area contributed by atoms with Crippen molar-refractivity contribution in [3.63, 3.8) is 0 Å². The molecule has 0 aromatic carbocycles. The number of carbonyl (C=O) groups is 2. The lowest BCUT2D eigenvalue weighted by molar-refractivity contribution is -0.137. The van der Waals surface area contributed by atoms with Crippen molar-refractivity contribution < 1.29 is 14.7 Å². The molecule has 2 N–H and O–H groups in total. The van der Waals surface area contributed by atoms with Crippen molar-refractivity contribution in [1.29, 1.82) is 0 Å². The van der Waals surface area contributed by atoms with Crippen molar-refractivity contribution in [2.24, 2.45) is 5.92 Å². The Morgan fingerprint density at radius 2 is 2.11 bits per heavy atom. The number of hydrogen-bond donors (Lipinski definition) is 2. The Morgan fingerprint density at radius 3 is 2.78 bits per heavy atom. The first-order chi connectivity index (χ1) is 8.66. The minimum absolute atomic E-state index is 0.00298. The van der Waals surface area contributed by atoms with Crippen molar-refractivity contribution in [3.8, 4) is 0 Å². The fourth-order valence-corrected chi connectivity index (χ4v) is 2.94. The van der Waals surface area contributed by atoms with Gasteiger partial charge in [0, 0.05) is 19.5 Å². The van der Waals surface area contributed by atoms with E-state index in [0.717, 1.165) is 45.3 Å². The number of carboxylic acid groups (broad SMARTS) is 1. The maximum atomic E-state index is 12.2. The van der Waals surface area contributed by atoms with Gasteiger partial charge in [-0.05, 0) is 44.6 Å². The molecule has 0 radical (unpaired) electrons. The molecule has 2 rings (SSSR count). The summed E-state index contributed by atoms with van der Waals surface area (Å²) in [6, 6.07) is 0.00298. The maximum Gasteiger partial charge on any atom is 0.303 e. The molecule has 2 fully saturated rings. The highest BCUT2D eigenvalue weighted by molar-refractivity contribution is 5.82. The van der Waals surface area contributed by atoms with Crippen molar-refractivity contribution in [3.05, 3.63) is 0 Å². The van der Waals surface area contributed by atoms with Crippen LogP contribution >= 0.6 is 0 Å². The van der Waals surface area contributed by atoms with Crippen molar-refractivity contribution >= 4 is 11.9 Å². The van der Waals surface area contributed by atoms with E-state index in [-0.39, 0.29) is 18.4 Å². The summed E-state index contributed by atoms with van der Waals surface area (Å²) in [5.41, 5.74) is 0. The van der Waals surface area contributed by atoms with Crippen molar-refractivity contribution in [2.75, 3.05) is 19.6 Å². The Bertz CT molecular complexity index is 313. The van der Waals surface area contributed by atoms with Gasteiger partial charge < -0.3 is 15.3 Å². The number of aliphatic carboxylic acids is 1. The van der Waals surface area contributed by atoms with E-state index in [2.05, 4.69) is 5.32 Å². The van der Waals surface area contributed by atoms with Gasteiger partial charge in [0.25, 0.3) is 0 Å². The monoisotopic (exact) mass is 254 g/mol. The molecule has 1 unspecified atom stereocenters. The molecule has 5 heteroatoms. The van der Waals surface area contributed by atoms with Gasteiger partial charge in [-0.15, -0.1) is 0 Å². The predicted molar refractivity (Wildman–Crippen MR) is 67.2 cm³/mol. The number of carbonyl (C=O) groups excluding carboxylic acids is 1. The summed E-state index contributed by atoms with van der Waals surface area (Å²) in [4.78, 5) is 24.7. The average Bonchev–Trinajstić information content (AvgIpc) is 2.89. The van der Waals surface area contributed by atoms with E-state index in [9.17, 15) is 9.59 Å². The quantitative estimate of drug-likeness (QED) is 0.780. The molecular weight excluding hydrogens is 232 g/mol. The number of rotatable bonds is 4. The molecule has 0 aliphatic carbocycles. The lowest BCUT2D eigenvalue weighted by atomic mass is 9.93. The van der Waals surface area contributed by atoms with Gasteiger partial charge in [-0.2, -0.15) is 0 Å². The molecule has 0 bridgehead atoms. The van der Waals surface area contributed by atoms with Crippen LogP contribution in [-0.4, -0.2) is 47.6 Å². The second-order valence-corrected chi connectivity index (χ2v) is 5.37. The van der Waals surface area contributed by atoms with Crippen molar-refractivity contribution in [2.45, 2.75) is 44.6 Å². The van der Waals surface area contributed by atoms with Crippen LogP contribution in [-0.2, 0) is 9.59 Å². The number of nitrogens with zero attached hydrogens (tertiary/aromatic N) is 1. The van der Waals surface area contributed by atoms with Gasteiger partial charge in [0.05, 0.1) is 6.04 Å². The third-order valence-corrected chi connectivity index (χ3v) is 3.96. The van der Waals surface area contributed by atoms with Gasteiger partial charge in [-0.3, -0.25) is 9.59 Å². The summed E-state index contributed by atoms with van der Waals surface area (Å²) in [5, 5.41) is 11.9. The van der Waals surface area contributed by atoms with Crippen molar-refractivity contribution in [1.82, 2.24) is 10.2 Å². The molecule has 2 heterocycles. The van der Waals surface area contributed by atoms with E-state index in [1.54, 1.807) is 0 Å². The molecule has 2 aliphatic rings. The Labute approximate surface area is 108 Å². The first-order valence-corrected chi connectivity index (χ1v) is 6.91. The standard InChI is InChI=1S/C13H22N2O3/c16-12(17)6-5-10-3-2-8-15(9-10)13(18)11-4-1-7-14-11/h10-11,14H,1-9H2,(H,16,17)/t10?,11-/m1/s1. The predicted octanol–water partition coefficient (Wildman–Crippen LogP) is 0.842. The second kappa shape index (κ2) is 6.18. The molecule has 5 nitrogen and oxygen atoms in total. The van der Waals surface area contributed by atoms with Gasteiger partial charge in [-0.25, -0.2) is 0 Å². The number of hydrogen-bond acceptors (Lipinski definition) is 3. The van der Waals surface area contributed by atoms with E-state index in [1.807, 2.05) is 4.90 Å². The summed E-state index contributed by atoms with van der Waals surface area (Å²) in [6.45, 7) is 2.51.